The summed E-state index contributed by atoms with van der Waals surface area (Å²) in [6, 6.07) is 2.01. The minimum atomic E-state index is 0.355. The second-order valence-corrected chi connectivity index (χ2v) is 3.65. The first kappa shape index (κ1) is 8.87. The Morgan fingerprint density at radius 2 is 1.86 bits per heavy atom. The predicted octanol–water partition coefficient (Wildman–Crippen LogP) is 1.26. The molecule has 0 radical (unpaired) electrons. The molecule has 4 nitrogen and oxygen atoms in total. The highest BCUT2D eigenvalue weighted by Crippen LogP contribution is 2.24. The van der Waals surface area contributed by atoms with Crippen LogP contribution in [-0.4, -0.2) is 9.66 Å². The van der Waals surface area contributed by atoms with Crippen molar-refractivity contribution in [3.63, 3.8) is 0 Å². The Bertz CT molecular complexity index is 511. The van der Waals surface area contributed by atoms with E-state index in [-0.39, 0.29) is 0 Å². The maximum Gasteiger partial charge on any atom is 0.220 e. The van der Waals surface area contributed by atoms with Crippen LogP contribution in [0.15, 0.2) is 6.07 Å². The van der Waals surface area contributed by atoms with Gasteiger partial charge in [-0.05, 0) is 43.5 Å². The third-order valence-electron chi connectivity index (χ3n) is 2.84. The lowest BCUT2D eigenvalue weighted by Crippen LogP contribution is -2.11. The van der Waals surface area contributed by atoms with E-state index < -0.39 is 0 Å². The zero-order valence-electron chi connectivity index (χ0n) is 8.63. The van der Waals surface area contributed by atoms with Gasteiger partial charge in [0.05, 0.1) is 11.0 Å². The Kier molecular flexibility index (Phi) is 1.67. The van der Waals surface area contributed by atoms with Crippen LogP contribution in [0.2, 0.25) is 0 Å². The number of benzene rings is 1. The highest BCUT2D eigenvalue weighted by Gasteiger charge is 2.10. The van der Waals surface area contributed by atoms with Crippen molar-refractivity contribution >= 4 is 17.0 Å². The molecule has 0 spiro atoms. The molecule has 0 aliphatic heterocycles. The molecule has 0 fully saturated rings. The molecule has 0 saturated heterocycles. The van der Waals surface area contributed by atoms with Crippen LogP contribution in [0.3, 0.4) is 0 Å². The minimum Gasteiger partial charge on any atom is -0.368 e. The van der Waals surface area contributed by atoms with Crippen LogP contribution in [0.25, 0.3) is 11.0 Å². The van der Waals surface area contributed by atoms with Crippen molar-refractivity contribution in [1.82, 2.24) is 9.66 Å². The number of nitrogens with zero attached hydrogens (tertiary/aromatic N) is 2. The van der Waals surface area contributed by atoms with Gasteiger partial charge in [0.25, 0.3) is 0 Å². The van der Waals surface area contributed by atoms with Gasteiger partial charge in [-0.25, -0.2) is 9.66 Å². The molecule has 0 saturated carbocycles. The quantitative estimate of drug-likeness (QED) is 0.614. The van der Waals surface area contributed by atoms with Crippen molar-refractivity contribution in [2.75, 3.05) is 11.6 Å². The molecule has 0 bridgehead atoms. The molecule has 74 valence electrons. The molecular weight excluding hydrogens is 176 g/mol. The number of aryl methyl sites for hydroxylation is 2. The fourth-order valence-corrected chi connectivity index (χ4v) is 1.66. The molecule has 1 aromatic carbocycles. The van der Waals surface area contributed by atoms with Crippen molar-refractivity contribution in [3.05, 3.63) is 22.8 Å². The first-order valence-electron chi connectivity index (χ1n) is 4.52. The summed E-state index contributed by atoms with van der Waals surface area (Å²) < 4.78 is 1.43. The summed E-state index contributed by atoms with van der Waals surface area (Å²) in [5.74, 6) is 6.11. The lowest BCUT2D eigenvalue weighted by Gasteiger charge is -2.05. The fraction of sp³-hybridized carbons (Fsp3) is 0.300. The highest BCUT2D eigenvalue weighted by molar-refractivity contribution is 5.83. The smallest absolute Gasteiger partial charge is 0.220 e. The van der Waals surface area contributed by atoms with Crippen LogP contribution >= 0.6 is 0 Å². The van der Waals surface area contributed by atoms with Crippen molar-refractivity contribution in [1.29, 1.82) is 0 Å². The SMILES string of the molecule is Cc1cc2c(nc(N)n2N)c(C)c1C. The van der Waals surface area contributed by atoms with E-state index in [1.54, 1.807) is 0 Å². The van der Waals surface area contributed by atoms with Gasteiger partial charge in [0.2, 0.25) is 5.95 Å². The van der Waals surface area contributed by atoms with E-state index in [1.807, 2.05) is 13.0 Å². The van der Waals surface area contributed by atoms with Crippen LogP contribution in [0.5, 0.6) is 0 Å². The summed E-state index contributed by atoms with van der Waals surface area (Å²) in [5.41, 5.74) is 11.0. The van der Waals surface area contributed by atoms with E-state index in [4.69, 9.17) is 11.6 Å². The van der Waals surface area contributed by atoms with Gasteiger partial charge >= 0.3 is 0 Å². The van der Waals surface area contributed by atoms with Crippen molar-refractivity contribution in [2.45, 2.75) is 20.8 Å². The van der Waals surface area contributed by atoms with Crippen LogP contribution in [0, 0.1) is 20.8 Å². The van der Waals surface area contributed by atoms with E-state index in [1.165, 1.54) is 15.8 Å². The van der Waals surface area contributed by atoms with Crippen molar-refractivity contribution < 1.29 is 0 Å². The predicted molar refractivity (Wildman–Crippen MR) is 58.5 cm³/mol. The van der Waals surface area contributed by atoms with Crippen molar-refractivity contribution in [3.8, 4) is 0 Å². The van der Waals surface area contributed by atoms with Crippen LogP contribution < -0.4 is 11.6 Å². The maximum atomic E-state index is 5.76. The zero-order chi connectivity index (χ0) is 10.5. The molecule has 0 atom stereocenters. The number of aromatic nitrogens is 2. The Morgan fingerprint density at radius 1 is 1.21 bits per heavy atom. The van der Waals surface area contributed by atoms with E-state index >= 15 is 0 Å². The second kappa shape index (κ2) is 2.64. The third kappa shape index (κ3) is 0.968. The number of anilines is 1. The lowest BCUT2D eigenvalue weighted by atomic mass is 10.0. The molecule has 0 amide bonds. The van der Waals surface area contributed by atoms with Crippen molar-refractivity contribution in [2.24, 2.45) is 0 Å². The molecule has 14 heavy (non-hydrogen) atoms. The number of fused-ring (bicyclic) bond motifs is 1. The summed E-state index contributed by atoms with van der Waals surface area (Å²) >= 11 is 0. The van der Waals surface area contributed by atoms with Gasteiger partial charge in [-0.1, -0.05) is 0 Å². The summed E-state index contributed by atoms with van der Waals surface area (Å²) in [5, 5.41) is 0. The van der Waals surface area contributed by atoms with Gasteiger partial charge in [-0.3, -0.25) is 0 Å². The van der Waals surface area contributed by atoms with Crippen LogP contribution in [-0.2, 0) is 0 Å². The number of imidazole rings is 1. The molecule has 4 N–H and O–H groups in total. The summed E-state index contributed by atoms with van der Waals surface area (Å²) in [6.07, 6.45) is 0. The number of nitrogen functional groups attached to an aromatic ring is 2. The first-order valence-corrected chi connectivity index (χ1v) is 4.52. The average Bonchev–Trinajstić information content (AvgIpc) is 2.42. The summed E-state index contributed by atoms with van der Waals surface area (Å²) in [4.78, 5) is 4.23. The van der Waals surface area contributed by atoms with E-state index in [0.717, 1.165) is 16.6 Å². The van der Waals surface area contributed by atoms with E-state index in [9.17, 15) is 0 Å². The molecule has 0 aliphatic rings. The lowest BCUT2D eigenvalue weighted by molar-refractivity contribution is 1.05. The van der Waals surface area contributed by atoms with Crippen LogP contribution in [0.4, 0.5) is 5.95 Å². The number of nitrogens with two attached hydrogens (primary N) is 2. The Morgan fingerprint density at radius 3 is 2.50 bits per heavy atom. The third-order valence-corrected chi connectivity index (χ3v) is 2.84. The second-order valence-electron chi connectivity index (χ2n) is 3.65. The topological polar surface area (TPSA) is 69.9 Å². The standard InChI is InChI=1S/C10H14N4/c1-5-4-8-9(7(3)6(5)2)13-10(11)14(8)12/h4H,12H2,1-3H3,(H2,11,13). The highest BCUT2D eigenvalue weighted by atomic mass is 15.4. The molecule has 4 heteroatoms. The Labute approximate surface area is 82.5 Å². The van der Waals surface area contributed by atoms with Gasteiger partial charge in [0.15, 0.2) is 0 Å². The molecule has 0 aliphatic carbocycles. The fourth-order valence-electron chi connectivity index (χ4n) is 1.66. The number of hydrogen-bond acceptors (Lipinski definition) is 3. The summed E-state index contributed by atoms with van der Waals surface area (Å²) in [6.45, 7) is 6.18. The van der Waals surface area contributed by atoms with Gasteiger partial charge in [0.1, 0.15) is 0 Å². The largest absolute Gasteiger partial charge is 0.368 e. The van der Waals surface area contributed by atoms with E-state index in [0.29, 0.717) is 5.95 Å². The maximum absolute atomic E-state index is 5.76. The molecule has 1 heterocycles. The first-order chi connectivity index (χ1) is 6.52. The normalized spacial score (nSPS) is 11.1. The summed E-state index contributed by atoms with van der Waals surface area (Å²) in [7, 11) is 0. The number of hydrogen-bond donors (Lipinski definition) is 2. The zero-order valence-corrected chi connectivity index (χ0v) is 8.63. The molecule has 2 rings (SSSR count). The van der Waals surface area contributed by atoms with Gasteiger partial charge < -0.3 is 11.6 Å². The molecular formula is C10H14N4. The number of rotatable bonds is 0. The Hall–Kier alpha value is -1.71. The minimum absolute atomic E-state index is 0.355. The molecule has 0 unspecified atom stereocenters. The Balaban J connectivity index is 2.98. The monoisotopic (exact) mass is 190 g/mol. The van der Waals surface area contributed by atoms with Crippen LogP contribution in [0.1, 0.15) is 16.7 Å². The van der Waals surface area contributed by atoms with Gasteiger partial charge in [0, 0.05) is 0 Å². The average molecular weight is 190 g/mol. The molecule has 1 aromatic heterocycles. The van der Waals surface area contributed by atoms with E-state index in [2.05, 4.69) is 18.8 Å². The van der Waals surface area contributed by atoms with Gasteiger partial charge in [-0.15, -0.1) is 0 Å². The van der Waals surface area contributed by atoms with Gasteiger partial charge in [-0.2, -0.15) is 0 Å². The molecule has 2 aromatic rings.